The zero-order valence-corrected chi connectivity index (χ0v) is 11.3. The van der Waals surface area contributed by atoms with Gasteiger partial charge in [0.25, 0.3) is 0 Å². The molecule has 1 atom stereocenters. The summed E-state index contributed by atoms with van der Waals surface area (Å²) in [6.45, 7) is 2.20. The van der Waals surface area contributed by atoms with Gasteiger partial charge in [0.05, 0.1) is 0 Å². The van der Waals surface area contributed by atoms with Crippen LogP contribution in [0.1, 0.15) is 44.2 Å². The standard InChI is InChI=1S/C12H17BrClN/c1-2-3-4-5-12(15)9-6-10(13)8-11(14)7-9/h6-8,12H,2-5,15H2,1H3. The predicted octanol–water partition coefficient (Wildman–Crippen LogP) is 4.68. The minimum Gasteiger partial charge on any atom is -0.324 e. The maximum Gasteiger partial charge on any atom is 0.0420 e. The normalized spacial score (nSPS) is 12.8. The Kier molecular flexibility index (Phi) is 5.65. The number of nitrogens with two attached hydrogens (primary N) is 1. The third-order valence-corrected chi connectivity index (χ3v) is 3.11. The molecule has 84 valence electrons. The average molecular weight is 291 g/mol. The van der Waals surface area contributed by atoms with Gasteiger partial charge >= 0.3 is 0 Å². The molecule has 1 nitrogen and oxygen atoms in total. The van der Waals surface area contributed by atoms with E-state index in [2.05, 4.69) is 22.9 Å². The molecule has 3 heteroatoms. The van der Waals surface area contributed by atoms with Crippen molar-refractivity contribution in [1.82, 2.24) is 0 Å². The number of unbranched alkanes of at least 4 members (excludes halogenated alkanes) is 2. The molecule has 15 heavy (non-hydrogen) atoms. The van der Waals surface area contributed by atoms with Gasteiger partial charge in [0.15, 0.2) is 0 Å². The summed E-state index contributed by atoms with van der Waals surface area (Å²) in [4.78, 5) is 0. The third-order valence-electron chi connectivity index (χ3n) is 2.43. The van der Waals surface area contributed by atoms with E-state index in [0.29, 0.717) is 0 Å². The molecule has 0 saturated heterocycles. The molecule has 1 aromatic rings. The van der Waals surface area contributed by atoms with Crippen molar-refractivity contribution in [3.05, 3.63) is 33.3 Å². The Morgan fingerprint density at radius 2 is 2.07 bits per heavy atom. The lowest BCUT2D eigenvalue weighted by Crippen LogP contribution is -2.10. The van der Waals surface area contributed by atoms with Crippen LogP contribution < -0.4 is 5.73 Å². The molecule has 0 amide bonds. The first-order valence-corrected chi connectivity index (χ1v) is 6.52. The van der Waals surface area contributed by atoms with Crippen LogP contribution in [0.5, 0.6) is 0 Å². The highest BCUT2D eigenvalue weighted by molar-refractivity contribution is 9.10. The molecule has 0 aliphatic heterocycles. The van der Waals surface area contributed by atoms with Gasteiger partial charge in [-0.15, -0.1) is 0 Å². The average Bonchev–Trinajstić information content (AvgIpc) is 2.16. The first-order chi connectivity index (χ1) is 7.13. The lowest BCUT2D eigenvalue weighted by molar-refractivity contribution is 0.581. The SMILES string of the molecule is CCCCCC(N)c1cc(Cl)cc(Br)c1. The fourth-order valence-corrected chi connectivity index (χ4v) is 2.46. The van der Waals surface area contributed by atoms with Crippen LogP contribution in [-0.2, 0) is 0 Å². The minimum absolute atomic E-state index is 0.103. The van der Waals surface area contributed by atoms with E-state index in [1.165, 1.54) is 19.3 Å². The largest absolute Gasteiger partial charge is 0.324 e. The third kappa shape index (κ3) is 4.54. The fraction of sp³-hybridized carbons (Fsp3) is 0.500. The minimum atomic E-state index is 0.103. The fourth-order valence-electron chi connectivity index (χ4n) is 1.57. The lowest BCUT2D eigenvalue weighted by atomic mass is 10.0. The van der Waals surface area contributed by atoms with Crippen molar-refractivity contribution in [1.29, 1.82) is 0 Å². The van der Waals surface area contributed by atoms with Gasteiger partial charge in [0.1, 0.15) is 0 Å². The molecule has 0 fully saturated rings. The quantitative estimate of drug-likeness (QED) is 0.783. The van der Waals surface area contributed by atoms with Crippen molar-refractivity contribution in [2.75, 3.05) is 0 Å². The Morgan fingerprint density at radius 1 is 1.33 bits per heavy atom. The van der Waals surface area contributed by atoms with E-state index in [1.807, 2.05) is 18.2 Å². The molecule has 0 radical (unpaired) electrons. The molecule has 1 aromatic carbocycles. The van der Waals surface area contributed by atoms with Crippen molar-refractivity contribution < 1.29 is 0 Å². The van der Waals surface area contributed by atoms with Gasteiger partial charge in [0, 0.05) is 15.5 Å². The Labute approximate surface area is 105 Å². The molecular weight excluding hydrogens is 273 g/mol. The van der Waals surface area contributed by atoms with Gasteiger partial charge in [0.2, 0.25) is 0 Å². The first-order valence-electron chi connectivity index (χ1n) is 5.35. The smallest absolute Gasteiger partial charge is 0.0420 e. The van der Waals surface area contributed by atoms with Crippen LogP contribution in [0.25, 0.3) is 0 Å². The molecule has 1 unspecified atom stereocenters. The number of hydrogen-bond acceptors (Lipinski definition) is 1. The van der Waals surface area contributed by atoms with E-state index in [9.17, 15) is 0 Å². The second kappa shape index (κ2) is 6.51. The van der Waals surface area contributed by atoms with Crippen LogP contribution in [-0.4, -0.2) is 0 Å². The Bertz CT molecular complexity index is 294. The second-order valence-electron chi connectivity index (χ2n) is 3.81. The summed E-state index contributed by atoms with van der Waals surface area (Å²) < 4.78 is 0.996. The zero-order valence-electron chi connectivity index (χ0n) is 8.97. The van der Waals surface area contributed by atoms with E-state index in [0.717, 1.165) is 21.5 Å². The zero-order chi connectivity index (χ0) is 11.3. The number of benzene rings is 1. The molecule has 1 rings (SSSR count). The van der Waals surface area contributed by atoms with E-state index in [1.54, 1.807) is 0 Å². The van der Waals surface area contributed by atoms with E-state index in [4.69, 9.17) is 17.3 Å². The summed E-state index contributed by atoms with van der Waals surface area (Å²) in [6.07, 6.45) is 4.68. The van der Waals surface area contributed by atoms with Gasteiger partial charge in [-0.05, 0) is 30.2 Å². The molecule has 2 N–H and O–H groups in total. The summed E-state index contributed by atoms with van der Waals surface area (Å²) in [5.41, 5.74) is 7.21. The van der Waals surface area contributed by atoms with Crippen molar-refractivity contribution in [3.8, 4) is 0 Å². The Morgan fingerprint density at radius 3 is 2.67 bits per heavy atom. The van der Waals surface area contributed by atoms with Crippen LogP contribution in [0.4, 0.5) is 0 Å². The maximum atomic E-state index is 6.09. The monoisotopic (exact) mass is 289 g/mol. The highest BCUT2D eigenvalue weighted by Gasteiger charge is 2.07. The van der Waals surface area contributed by atoms with Gasteiger partial charge in [-0.25, -0.2) is 0 Å². The number of rotatable bonds is 5. The van der Waals surface area contributed by atoms with Gasteiger partial charge < -0.3 is 5.73 Å². The molecule has 0 saturated carbocycles. The summed E-state index contributed by atoms with van der Waals surface area (Å²) >= 11 is 9.39. The summed E-state index contributed by atoms with van der Waals surface area (Å²) in [6, 6.07) is 5.97. The van der Waals surface area contributed by atoms with Crippen LogP contribution in [0.3, 0.4) is 0 Å². The molecule has 0 spiro atoms. The predicted molar refractivity (Wildman–Crippen MR) is 70.2 cm³/mol. The molecule has 0 aromatic heterocycles. The van der Waals surface area contributed by atoms with Crippen LogP contribution >= 0.6 is 27.5 Å². The van der Waals surface area contributed by atoms with Gasteiger partial charge in [-0.1, -0.05) is 53.7 Å². The van der Waals surface area contributed by atoms with Crippen LogP contribution in [0.15, 0.2) is 22.7 Å². The Balaban J connectivity index is 2.60. The van der Waals surface area contributed by atoms with Crippen molar-refractivity contribution >= 4 is 27.5 Å². The van der Waals surface area contributed by atoms with Crippen molar-refractivity contribution in [3.63, 3.8) is 0 Å². The number of halogens is 2. The summed E-state index contributed by atoms with van der Waals surface area (Å²) in [7, 11) is 0. The van der Waals surface area contributed by atoms with Crippen LogP contribution in [0, 0.1) is 0 Å². The number of hydrogen-bond donors (Lipinski definition) is 1. The second-order valence-corrected chi connectivity index (χ2v) is 5.16. The lowest BCUT2D eigenvalue weighted by Gasteiger charge is -2.12. The summed E-state index contributed by atoms with van der Waals surface area (Å²) in [5.74, 6) is 0. The first kappa shape index (κ1) is 13.0. The highest BCUT2D eigenvalue weighted by atomic mass is 79.9. The molecule has 0 aliphatic rings. The summed E-state index contributed by atoms with van der Waals surface area (Å²) in [5, 5.41) is 0.741. The van der Waals surface area contributed by atoms with Gasteiger partial charge in [-0.2, -0.15) is 0 Å². The molecule has 0 bridgehead atoms. The highest BCUT2D eigenvalue weighted by Crippen LogP contribution is 2.25. The Hall–Kier alpha value is -0.0500. The van der Waals surface area contributed by atoms with Crippen molar-refractivity contribution in [2.45, 2.75) is 38.6 Å². The molecular formula is C12H17BrClN. The maximum absolute atomic E-state index is 6.09. The topological polar surface area (TPSA) is 26.0 Å². The van der Waals surface area contributed by atoms with Crippen LogP contribution in [0.2, 0.25) is 5.02 Å². The van der Waals surface area contributed by atoms with E-state index in [-0.39, 0.29) is 6.04 Å². The van der Waals surface area contributed by atoms with E-state index >= 15 is 0 Å². The van der Waals surface area contributed by atoms with Gasteiger partial charge in [-0.3, -0.25) is 0 Å². The molecule has 0 aliphatic carbocycles. The van der Waals surface area contributed by atoms with E-state index < -0.39 is 0 Å². The van der Waals surface area contributed by atoms with Crippen molar-refractivity contribution in [2.24, 2.45) is 5.73 Å². The molecule has 0 heterocycles.